The topological polar surface area (TPSA) is 53.8 Å². The second kappa shape index (κ2) is 6.75. The Morgan fingerprint density at radius 3 is 2.36 bits per heavy atom. The highest BCUT2D eigenvalue weighted by molar-refractivity contribution is 5.95. The lowest BCUT2D eigenvalue weighted by Crippen LogP contribution is -2.37. The van der Waals surface area contributed by atoms with Crippen molar-refractivity contribution in [3.8, 4) is 0 Å². The Hall–Kier alpha value is -2.56. The highest BCUT2D eigenvalue weighted by Gasteiger charge is 2.25. The van der Waals surface area contributed by atoms with Crippen LogP contribution in [0.4, 0.5) is 0 Å². The summed E-state index contributed by atoms with van der Waals surface area (Å²) in [5.41, 5.74) is 3.46. The molecule has 1 aromatic carbocycles. The van der Waals surface area contributed by atoms with E-state index >= 15 is 0 Å². The predicted molar refractivity (Wildman–Crippen MR) is 93.6 cm³/mol. The van der Waals surface area contributed by atoms with Gasteiger partial charge in [0.05, 0.1) is 6.26 Å². The summed E-state index contributed by atoms with van der Waals surface area (Å²) >= 11 is 0. The number of furan rings is 1. The number of fused-ring (bicyclic) bond motifs is 1. The van der Waals surface area contributed by atoms with Gasteiger partial charge in [0.25, 0.3) is 11.8 Å². The van der Waals surface area contributed by atoms with Crippen LogP contribution in [0.15, 0.2) is 41.0 Å². The van der Waals surface area contributed by atoms with E-state index in [-0.39, 0.29) is 11.8 Å². The molecule has 1 aromatic heterocycles. The SMILES string of the molecule is O=C(c1ccc2c(c1)CCC2)N1CCCN(C(=O)c2ccco2)CC1. The van der Waals surface area contributed by atoms with Crippen LogP contribution < -0.4 is 0 Å². The van der Waals surface area contributed by atoms with Gasteiger partial charge in [-0.05, 0) is 61.1 Å². The Bertz CT molecular complexity index is 782. The maximum Gasteiger partial charge on any atom is 0.289 e. The molecule has 1 fully saturated rings. The minimum Gasteiger partial charge on any atom is -0.459 e. The van der Waals surface area contributed by atoms with Crippen molar-refractivity contribution in [1.29, 1.82) is 0 Å². The molecule has 25 heavy (non-hydrogen) atoms. The van der Waals surface area contributed by atoms with Crippen molar-refractivity contribution in [2.45, 2.75) is 25.7 Å². The first-order valence-electron chi connectivity index (χ1n) is 8.96. The summed E-state index contributed by atoms with van der Waals surface area (Å²) in [6.45, 7) is 2.42. The number of hydrogen-bond donors (Lipinski definition) is 0. The molecule has 2 amide bonds. The molecule has 0 bridgehead atoms. The van der Waals surface area contributed by atoms with Gasteiger partial charge >= 0.3 is 0 Å². The van der Waals surface area contributed by atoms with Crippen LogP contribution in [0.3, 0.4) is 0 Å². The molecule has 0 unspecified atom stereocenters. The van der Waals surface area contributed by atoms with Crippen LogP contribution in [0.25, 0.3) is 0 Å². The molecule has 1 aliphatic heterocycles. The lowest BCUT2D eigenvalue weighted by Gasteiger charge is -2.22. The van der Waals surface area contributed by atoms with Gasteiger partial charge in [-0.25, -0.2) is 0 Å². The molecule has 2 aliphatic rings. The fourth-order valence-electron chi connectivity index (χ4n) is 3.77. The van der Waals surface area contributed by atoms with Gasteiger partial charge in [0.1, 0.15) is 0 Å². The molecular formula is C20H22N2O3. The highest BCUT2D eigenvalue weighted by Crippen LogP contribution is 2.23. The van der Waals surface area contributed by atoms with Crippen LogP contribution in [0.5, 0.6) is 0 Å². The van der Waals surface area contributed by atoms with E-state index < -0.39 is 0 Å². The minimum atomic E-state index is -0.100. The van der Waals surface area contributed by atoms with Crippen molar-refractivity contribution in [2.75, 3.05) is 26.2 Å². The highest BCUT2D eigenvalue weighted by atomic mass is 16.3. The Balaban J connectivity index is 1.44. The zero-order valence-corrected chi connectivity index (χ0v) is 14.2. The predicted octanol–water partition coefficient (Wildman–Crippen LogP) is 2.76. The van der Waals surface area contributed by atoms with Gasteiger partial charge in [-0.2, -0.15) is 0 Å². The number of carbonyl (C=O) groups is 2. The number of aryl methyl sites for hydroxylation is 2. The third-order valence-corrected chi connectivity index (χ3v) is 5.15. The average Bonchev–Trinajstić information content (AvgIpc) is 3.27. The largest absolute Gasteiger partial charge is 0.459 e. The maximum absolute atomic E-state index is 12.9. The van der Waals surface area contributed by atoms with Gasteiger partial charge < -0.3 is 14.2 Å². The molecule has 4 rings (SSSR count). The van der Waals surface area contributed by atoms with Crippen LogP contribution in [0, 0.1) is 0 Å². The molecule has 0 spiro atoms. The number of nitrogens with zero attached hydrogens (tertiary/aromatic N) is 2. The molecule has 1 aliphatic carbocycles. The number of benzene rings is 1. The van der Waals surface area contributed by atoms with Crippen molar-refractivity contribution >= 4 is 11.8 Å². The molecule has 5 heteroatoms. The maximum atomic E-state index is 12.9. The first-order valence-corrected chi connectivity index (χ1v) is 8.96. The standard InChI is InChI=1S/C20H22N2O3/c23-19(17-8-7-15-4-1-5-16(15)14-17)21-9-3-10-22(12-11-21)20(24)18-6-2-13-25-18/h2,6-8,13-14H,1,3-5,9-12H2. The molecule has 0 N–H and O–H groups in total. The molecule has 0 radical (unpaired) electrons. The summed E-state index contributed by atoms with van der Waals surface area (Å²) in [4.78, 5) is 28.9. The van der Waals surface area contributed by atoms with Gasteiger partial charge in [0.15, 0.2) is 5.76 Å². The summed E-state index contributed by atoms with van der Waals surface area (Å²) in [5, 5.41) is 0. The van der Waals surface area contributed by atoms with E-state index in [0.29, 0.717) is 31.9 Å². The third-order valence-electron chi connectivity index (χ3n) is 5.15. The lowest BCUT2D eigenvalue weighted by molar-refractivity contribution is 0.0700. The molecule has 2 aromatic rings. The van der Waals surface area contributed by atoms with Crippen LogP contribution in [0.2, 0.25) is 0 Å². The summed E-state index contributed by atoms with van der Waals surface area (Å²) in [7, 11) is 0. The zero-order valence-electron chi connectivity index (χ0n) is 14.2. The normalized spacial score (nSPS) is 17.3. The van der Waals surface area contributed by atoms with Gasteiger partial charge in [-0.15, -0.1) is 0 Å². The molecule has 2 heterocycles. The molecule has 130 valence electrons. The Kier molecular flexibility index (Phi) is 4.30. The molecule has 0 saturated carbocycles. The Labute approximate surface area is 147 Å². The van der Waals surface area contributed by atoms with E-state index in [0.717, 1.165) is 24.8 Å². The van der Waals surface area contributed by atoms with Crippen molar-refractivity contribution in [2.24, 2.45) is 0 Å². The first-order chi connectivity index (χ1) is 12.2. The van der Waals surface area contributed by atoms with Gasteiger partial charge in [0, 0.05) is 31.7 Å². The van der Waals surface area contributed by atoms with Crippen LogP contribution in [0.1, 0.15) is 44.9 Å². The van der Waals surface area contributed by atoms with Crippen molar-refractivity contribution in [3.05, 3.63) is 59.0 Å². The average molecular weight is 338 g/mol. The fourth-order valence-corrected chi connectivity index (χ4v) is 3.77. The quantitative estimate of drug-likeness (QED) is 0.846. The number of rotatable bonds is 2. The zero-order chi connectivity index (χ0) is 17.2. The first kappa shape index (κ1) is 15.9. The van der Waals surface area contributed by atoms with Crippen LogP contribution in [-0.4, -0.2) is 47.8 Å². The van der Waals surface area contributed by atoms with Gasteiger partial charge in [-0.3, -0.25) is 9.59 Å². The Morgan fingerprint density at radius 2 is 1.60 bits per heavy atom. The van der Waals surface area contributed by atoms with E-state index in [1.54, 1.807) is 17.0 Å². The lowest BCUT2D eigenvalue weighted by atomic mass is 10.1. The van der Waals surface area contributed by atoms with Gasteiger partial charge in [-0.1, -0.05) is 6.07 Å². The summed E-state index contributed by atoms with van der Waals surface area (Å²) in [5.74, 6) is 0.331. The van der Waals surface area contributed by atoms with Crippen LogP contribution in [-0.2, 0) is 12.8 Å². The summed E-state index contributed by atoms with van der Waals surface area (Å²) in [6, 6.07) is 9.50. The molecular weight excluding hydrogens is 316 g/mol. The van der Waals surface area contributed by atoms with Crippen molar-refractivity contribution in [3.63, 3.8) is 0 Å². The second-order valence-electron chi connectivity index (χ2n) is 6.75. The minimum absolute atomic E-state index is 0.0713. The van der Waals surface area contributed by atoms with E-state index in [4.69, 9.17) is 4.42 Å². The van der Waals surface area contributed by atoms with E-state index in [1.807, 2.05) is 11.0 Å². The van der Waals surface area contributed by atoms with Crippen LogP contribution >= 0.6 is 0 Å². The monoisotopic (exact) mass is 338 g/mol. The van der Waals surface area contributed by atoms with E-state index in [2.05, 4.69) is 12.1 Å². The number of amides is 2. The summed E-state index contributed by atoms with van der Waals surface area (Å²) in [6.07, 6.45) is 5.66. The Morgan fingerprint density at radius 1 is 0.840 bits per heavy atom. The fraction of sp³-hybridized carbons (Fsp3) is 0.400. The van der Waals surface area contributed by atoms with Crippen molar-refractivity contribution < 1.29 is 14.0 Å². The second-order valence-corrected chi connectivity index (χ2v) is 6.75. The van der Waals surface area contributed by atoms with Crippen molar-refractivity contribution in [1.82, 2.24) is 9.80 Å². The number of carbonyl (C=O) groups excluding carboxylic acids is 2. The van der Waals surface area contributed by atoms with E-state index in [1.165, 1.54) is 23.8 Å². The number of hydrogen-bond acceptors (Lipinski definition) is 3. The molecule has 5 nitrogen and oxygen atoms in total. The molecule has 0 atom stereocenters. The third kappa shape index (κ3) is 3.18. The van der Waals surface area contributed by atoms with Gasteiger partial charge in [0.2, 0.25) is 0 Å². The molecule has 1 saturated heterocycles. The summed E-state index contributed by atoms with van der Waals surface area (Å²) < 4.78 is 5.20. The van der Waals surface area contributed by atoms with E-state index in [9.17, 15) is 9.59 Å². The smallest absolute Gasteiger partial charge is 0.289 e.